The third-order valence-electron chi connectivity index (χ3n) is 12.4. The predicted octanol–water partition coefficient (Wildman–Crippen LogP) is 16.3. The van der Waals surface area contributed by atoms with Crippen molar-refractivity contribution in [2.45, 2.75) is 164 Å². The molecule has 0 aromatic heterocycles. The highest BCUT2D eigenvalue weighted by atomic mass is 32.2. The molecular formula is C54H80N2S. The van der Waals surface area contributed by atoms with Gasteiger partial charge in [0.05, 0.1) is 0 Å². The third kappa shape index (κ3) is 12.9. The fraction of sp³-hybridized carbons (Fsp3) is 0.556. The topological polar surface area (TPSA) is 29.3 Å². The van der Waals surface area contributed by atoms with Crippen molar-refractivity contribution in [2.75, 3.05) is 18.0 Å². The van der Waals surface area contributed by atoms with Gasteiger partial charge in [-0.25, -0.2) is 0 Å². The summed E-state index contributed by atoms with van der Waals surface area (Å²) in [4.78, 5) is 4.31. The maximum atomic E-state index is 6.86. The Morgan fingerprint density at radius 3 is 1.96 bits per heavy atom. The van der Waals surface area contributed by atoms with Crippen LogP contribution in [0.15, 0.2) is 77.7 Å². The molecule has 4 rings (SSSR count). The second-order valence-electron chi connectivity index (χ2n) is 19.0. The Morgan fingerprint density at radius 2 is 1.44 bits per heavy atom. The van der Waals surface area contributed by atoms with Gasteiger partial charge in [-0.3, -0.25) is 0 Å². The second kappa shape index (κ2) is 21.7. The molecule has 2 nitrogen and oxygen atoms in total. The lowest BCUT2D eigenvalue weighted by Gasteiger charge is -2.35. The van der Waals surface area contributed by atoms with E-state index in [1.54, 1.807) is 0 Å². The highest BCUT2D eigenvalue weighted by Gasteiger charge is 2.29. The maximum Gasteiger partial charge on any atom is 0.0449 e. The van der Waals surface area contributed by atoms with E-state index in [1.807, 2.05) is 0 Å². The summed E-state index contributed by atoms with van der Waals surface area (Å²) in [5.41, 5.74) is 20.1. The van der Waals surface area contributed by atoms with Crippen LogP contribution in [0.5, 0.6) is 0 Å². The fourth-order valence-electron chi connectivity index (χ4n) is 8.46. The molecule has 2 N–H and O–H groups in total. The zero-order valence-corrected chi connectivity index (χ0v) is 39.2. The quantitative estimate of drug-likeness (QED) is 0.116. The van der Waals surface area contributed by atoms with Crippen molar-refractivity contribution in [1.82, 2.24) is 0 Å². The Morgan fingerprint density at radius 1 is 0.807 bits per heavy atom. The average molecular weight is 789 g/mol. The number of hydrogen-bond donors (Lipinski definition) is 1. The van der Waals surface area contributed by atoms with E-state index in [4.69, 9.17) is 5.73 Å². The zero-order chi connectivity index (χ0) is 41.8. The minimum absolute atomic E-state index is 0.0857. The van der Waals surface area contributed by atoms with Crippen molar-refractivity contribution < 1.29 is 0 Å². The number of allylic oxidation sites excluding steroid dienone is 4. The number of unbranched alkanes of at least 4 members (excludes halogenated alkanes) is 2. The van der Waals surface area contributed by atoms with Gasteiger partial charge in [-0.05, 0) is 106 Å². The first-order valence-corrected chi connectivity index (χ1v) is 23.7. The van der Waals surface area contributed by atoms with Crippen molar-refractivity contribution in [3.8, 4) is 11.1 Å². The Hall–Kier alpha value is -3.17. The van der Waals surface area contributed by atoms with Crippen LogP contribution >= 0.6 is 11.8 Å². The number of hydrogen-bond acceptors (Lipinski definition) is 3. The van der Waals surface area contributed by atoms with Gasteiger partial charge >= 0.3 is 0 Å². The standard InChI is InChI=1S/C54H80N2S/c1-13-18-22-40(16-4)37-56(38-41(17-5)23-19-14-2)50-36-44(53(7,8)9)30-31-47(50)43-28-26-42(27-29-43)24-20-25-49(55)48-33-32-46(39(6)45(48)21-15-3)51-34-35-52(57-51)54(10,11)12/h20,24-33,35-36,40-41,51H,13-19,21-23,34,37-38,55H2,1-12H3/b24-20+,49-25-. The van der Waals surface area contributed by atoms with Gasteiger partial charge in [0.2, 0.25) is 0 Å². The largest absolute Gasteiger partial charge is 0.398 e. The van der Waals surface area contributed by atoms with E-state index in [9.17, 15) is 0 Å². The summed E-state index contributed by atoms with van der Waals surface area (Å²) in [6.45, 7) is 30.3. The van der Waals surface area contributed by atoms with Crippen LogP contribution in [0.3, 0.4) is 0 Å². The number of nitrogens with two attached hydrogens (primary N) is 1. The molecule has 0 fully saturated rings. The second-order valence-corrected chi connectivity index (χ2v) is 20.3. The summed E-state index contributed by atoms with van der Waals surface area (Å²) in [5, 5.41) is 0.491. The van der Waals surface area contributed by atoms with E-state index >= 15 is 0 Å². The molecule has 3 unspecified atom stereocenters. The van der Waals surface area contributed by atoms with Gasteiger partial charge in [0.1, 0.15) is 0 Å². The first kappa shape index (κ1) is 46.5. The number of thioether (sulfide) groups is 1. The van der Waals surface area contributed by atoms with E-state index in [1.165, 1.54) is 106 Å². The summed E-state index contributed by atoms with van der Waals surface area (Å²) < 4.78 is 0. The Labute approximate surface area is 355 Å². The number of anilines is 1. The van der Waals surface area contributed by atoms with Crippen molar-refractivity contribution in [3.05, 3.63) is 111 Å². The highest BCUT2D eigenvalue weighted by Crippen LogP contribution is 2.51. The van der Waals surface area contributed by atoms with Crippen LogP contribution in [0.2, 0.25) is 0 Å². The van der Waals surface area contributed by atoms with Crippen molar-refractivity contribution in [3.63, 3.8) is 0 Å². The molecule has 0 spiro atoms. The van der Waals surface area contributed by atoms with E-state index in [2.05, 4.69) is 179 Å². The van der Waals surface area contributed by atoms with Crippen molar-refractivity contribution in [2.24, 2.45) is 23.0 Å². The lowest BCUT2D eigenvalue weighted by atomic mass is 9.85. The van der Waals surface area contributed by atoms with E-state index < -0.39 is 0 Å². The summed E-state index contributed by atoms with van der Waals surface area (Å²) in [5.74, 6) is 1.41. The number of benzene rings is 3. The summed E-state index contributed by atoms with van der Waals surface area (Å²) in [7, 11) is 0. The van der Waals surface area contributed by atoms with E-state index in [0.29, 0.717) is 17.1 Å². The molecule has 312 valence electrons. The van der Waals surface area contributed by atoms with Gasteiger partial charge in [-0.1, -0.05) is 188 Å². The molecule has 3 aromatic carbocycles. The fourth-order valence-corrected chi connectivity index (χ4v) is 9.89. The first-order valence-electron chi connectivity index (χ1n) is 22.8. The van der Waals surface area contributed by atoms with Gasteiger partial charge in [-0.2, -0.15) is 0 Å². The van der Waals surface area contributed by atoms with E-state index in [-0.39, 0.29) is 10.8 Å². The molecule has 1 heterocycles. The molecule has 0 amide bonds. The van der Waals surface area contributed by atoms with Gasteiger partial charge in [-0.15, -0.1) is 11.8 Å². The number of nitrogens with zero attached hydrogens (tertiary/aromatic N) is 1. The van der Waals surface area contributed by atoms with Gasteiger partial charge in [0, 0.05) is 40.9 Å². The van der Waals surface area contributed by atoms with Crippen LogP contribution in [-0.4, -0.2) is 13.1 Å². The van der Waals surface area contributed by atoms with Crippen LogP contribution in [0.1, 0.15) is 179 Å². The minimum atomic E-state index is 0.0857. The Kier molecular flexibility index (Phi) is 17.7. The van der Waals surface area contributed by atoms with Crippen LogP contribution in [0.4, 0.5) is 5.69 Å². The van der Waals surface area contributed by atoms with Gasteiger partial charge < -0.3 is 10.6 Å². The lowest BCUT2D eigenvalue weighted by molar-refractivity contribution is 0.403. The van der Waals surface area contributed by atoms with Gasteiger partial charge in [0.15, 0.2) is 0 Å². The number of rotatable bonds is 20. The maximum absolute atomic E-state index is 6.86. The summed E-state index contributed by atoms with van der Waals surface area (Å²) in [6.07, 6.45) is 22.4. The minimum Gasteiger partial charge on any atom is -0.398 e. The molecule has 0 aliphatic carbocycles. The molecular weight excluding hydrogens is 709 g/mol. The third-order valence-corrected chi connectivity index (χ3v) is 14.1. The van der Waals surface area contributed by atoms with Crippen molar-refractivity contribution >= 4 is 29.2 Å². The molecule has 0 bridgehead atoms. The Bertz CT molecular complexity index is 1780. The molecule has 0 saturated heterocycles. The molecule has 3 atom stereocenters. The van der Waals surface area contributed by atoms with Crippen LogP contribution in [-0.2, 0) is 11.8 Å². The summed E-state index contributed by atoms with van der Waals surface area (Å²) in [6, 6.07) is 21.1. The zero-order valence-electron chi connectivity index (χ0n) is 38.4. The molecule has 0 radical (unpaired) electrons. The molecule has 1 aliphatic rings. The Balaban J connectivity index is 1.63. The smallest absolute Gasteiger partial charge is 0.0449 e. The normalized spacial score (nSPS) is 16.3. The van der Waals surface area contributed by atoms with Crippen LogP contribution in [0.25, 0.3) is 22.9 Å². The van der Waals surface area contributed by atoms with Crippen LogP contribution < -0.4 is 10.6 Å². The van der Waals surface area contributed by atoms with Crippen LogP contribution in [0, 0.1) is 24.2 Å². The first-order chi connectivity index (χ1) is 27.1. The molecule has 1 aliphatic heterocycles. The SMILES string of the molecule is CCCCC(CC)CN(CC(CC)CCCC)c1cc(C(C)(C)C)ccc1-c1ccc(/C=C/C=C(\N)c2ccc(C3CC=C(C(C)(C)C)S3)c(C)c2CCC)cc1. The van der Waals surface area contributed by atoms with E-state index in [0.717, 1.165) is 38.0 Å². The lowest BCUT2D eigenvalue weighted by Crippen LogP contribution is -2.34. The summed E-state index contributed by atoms with van der Waals surface area (Å²) >= 11 is 2.05. The highest BCUT2D eigenvalue weighted by molar-refractivity contribution is 8.03. The average Bonchev–Trinajstić information content (AvgIpc) is 3.69. The molecule has 3 aromatic rings. The predicted molar refractivity (Wildman–Crippen MR) is 258 cm³/mol. The van der Waals surface area contributed by atoms with Crippen molar-refractivity contribution in [1.29, 1.82) is 0 Å². The molecule has 0 saturated carbocycles. The molecule has 57 heavy (non-hydrogen) atoms. The van der Waals surface area contributed by atoms with Gasteiger partial charge in [0.25, 0.3) is 0 Å². The molecule has 3 heteroatoms. The monoisotopic (exact) mass is 789 g/mol.